The van der Waals surface area contributed by atoms with Crippen LogP contribution in [0.1, 0.15) is 13.3 Å². The zero-order valence-corrected chi connectivity index (χ0v) is 11.9. The van der Waals surface area contributed by atoms with Gasteiger partial charge in [-0.15, -0.1) is 11.8 Å². The predicted molar refractivity (Wildman–Crippen MR) is 79.4 cm³/mol. The Bertz CT molecular complexity index is 789. The van der Waals surface area contributed by atoms with Crippen molar-refractivity contribution in [1.29, 1.82) is 0 Å². The Morgan fingerprint density at radius 1 is 1.35 bits per heavy atom. The highest BCUT2D eigenvalue weighted by Gasteiger charge is 2.18. The second-order valence-electron chi connectivity index (χ2n) is 4.13. The minimum atomic E-state index is -3.62. The van der Waals surface area contributed by atoms with Crippen LogP contribution < -0.4 is 10.5 Å². The van der Waals surface area contributed by atoms with Crippen molar-refractivity contribution < 1.29 is 8.42 Å². The van der Waals surface area contributed by atoms with Gasteiger partial charge in [0.1, 0.15) is 4.90 Å². The van der Waals surface area contributed by atoms with Gasteiger partial charge in [-0.25, -0.2) is 13.1 Å². The van der Waals surface area contributed by atoms with E-state index in [0.717, 1.165) is 0 Å². The van der Waals surface area contributed by atoms with E-state index in [4.69, 9.17) is 5.73 Å². The molecule has 5 nitrogen and oxygen atoms in total. The lowest BCUT2D eigenvalue weighted by Gasteiger charge is -2.09. The largest absolute Gasteiger partial charge is 0.398 e. The maximum atomic E-state index is 12.3. The Morgan fingerprint density at radius 2 is 2.15 bits per heavy atom. The van der Waals surface area contributed by atoms with E-state index in [2.05, 4.69) is 21.5 Å². The first-order chi connectivity index (χ1) is 9.56. The van der Waals surface area contributed by atoms with Crippen LogP contribution in [0.25, 0.3) is 10.9 Å². The number of pyridine rings is 1. The van der Waals surface area contributed by atoms with E-state index in [9.17, 15) is 8.42 Å². The first kappa shape index (κ1) is 14.3. The van der Waals surface area contributed by atoms with Crippen molar-refractivity contribution in [2.45, 2.75) is 18.2 Å². The molecule has 0 bridgehead atoms. The lowest BCUT2D eigenvalue weighted by atomic mass is 10.2. The molecule has 6 heteroatoms. The van der Waals surface area contributed by atoms with Crippen molar-refractivity contribution in [2.75, 3.05) is 12.3 Å². The topological polar surface area (TPSA) is 85.1 Å². The van der Waals surface area contributed by atoms with Crippen molar-refractivity contribution in [2.24, 2.45) is 0 Å². The number of rotatable bonds is 4. The Labute approximate surface area is 118 Å². The molecular weight excluding hydrogens is 274 g/mol. The van der Waals surface area contributed by atoms with Gasteiger partial charge in [0.2, 0.25) is 10.0 Å². The van der Waals surface area contributed by atoms with Crippen molar-refractivity contribution in [3.05, 3.63) is 30.5 Å². The van der Waals surface area contributed by atoms with Crippen LogP contribution in [0.15, 0.2) is 35.4 Å². The number of aromatic nitrogens is 1. The van der Waals surface area contributed by atoms with E-state index in [1.165, 1.54) is 6.07 Å². The minimum absolute atomic E-state index is 0.131. The maximum Gasteiger partial charge on any atom is 0.242 e. The molecule has 0 fully saturated rings. The first-order valence-electron chi connectivity index (χ1n) is 6.09. The van der Waals surface area contributed by atoms with E-state index in [-0.39, 0.29) is 11.4 Å². The van der Waals surface area contributed by atoms with Crippen LogP contribution in [0.5, 0.6) is 0 Å². The highest BCUT2D eigenvalue weighted by Crippen LogP contribution is 2.25. The molecule has 0 radical (unpaired) electrons. The van der Waals surface area contributed by atoms with Gasteiger partial charge in [0.05, 0.1) is 5.52 Å². The van der Waals surface area contributed by atoms with Crippen LogP contribution in [0.4, 0.5) is 5.69 Å². The van der Waals surface area contributed by atoms with Gasteiger partial charge in [-0.05, 0) is 31.2 Å². The number of nitrogens with two attached hydrogens (primary N) is 1. The third-order valence-corrected chi connectivity index (χ3v) is 4.27. The Hall–Kier alpha value is -2.10. The lowest BCUT2D eigenvalue weighted by molar-refractivity contribution is 0.583. The summed E-state index contributed by atoms with van der Waals surface area (Å²) in [5.41, 5.74) is 6.71. The number of nitrogen functional groups attached to an aromatic ring is 1. The van der Waals surface area contributed by atoms with Crippen molar-refractivity contribution >= 4 is 26.6 Å². The Balaban J connectivity index is 2.41. The normalized spacial score (nSPS) is 11.1. The van der Waals surface area contributed by atoms with Crippen molar-refractivity contribution in [3.8, 4) is 11.8 Å². The van der Waals surface area contributed by atoms with Crippen molar-refractivity contribution in [1.82, 2.24) is 9.71 Å². The maximum absolute atomic E-state index is 12.3. The number of sulfonamides is 1. The van der Waals surface area contributed by atoms with E-state index in [1.54, 1.807) is 31.3 Å². The van der Waals surface area contributed by atoms with Gasteiger partial charge in [0.15, 0.2) is 0 Å². The summed E-state index contributed by atoms with van der Waals surface area (Å²) in [5, 5.41) is 0.628. The number of anilines is 1. The molecule has 0 amide bonds. The molecule has 2 aromatic rings. The van der Waals surface area contributed by atoms with Crippen LogP contribution in [0, 0.1) is 11.8 Å². The average molecular weight is 289 g/mol. The molecule has 3 N–H and O–H groups in total. The van der Waals surface area contributed by atoms with Gasteiger partial charge in [-0.3, -0.25) is 4.98 Å². The molecule has 0 aliphatic carbocycles. The summed E-state index contributed by atoms with van der Waals surface area (Å²) in [6.45, 7) is 1.98. The summed E-state index contributed by atoms with van der Waals surface area (Å²) in [7, 11) is -3.62. The number of hydrogen-bond acceptors (Lipinski definition) is 4. The average Bonchev–Trinajstić information content (AvgIpc) is 2.44. The third-order valence-electron chi connectivity index (χ3n) is 2.77. The minimum Gasteiger partial charge on any atom is -0.398 e. The molecule has 0 atom stereocenters. The molecule has 1 heterocycles. The number of nitrogens with one attached hydrogen (secondary N) is 1. The number of benzene rings is 1. The second kappa shape index (κ2) is 5.90. The zero-order chi connectivity index (χ0) is 14.6. The molecule has 1 aromatic heterocycles. The Kier molecular flexibility index (Phi) is 4.23. The van der Waals surface area contributed by atoms with Crippen LogP contribution in [0.2, 0.25) is 0 Å². The fourth-order valence-corrected chi connectivity index (χ4v) is 3.03. The van der Waals surface area contributed by atoms with E-state index in [1.807, 2.05) is 0 Å². The lowest BCUT2D eigenvalue weighted by Crippen LogP contribution is -2.25. The molecule has 1 aromatic carbocycles. The SMILES string of the molecule is CC#CCCNS(=O)(=O)c1ccc(N)c2cccnc12. The van der Waals surface area contributed by atoms with Crippen LogP contribution in [-0.2, 0) is 10.0 Å². The molecule has 2 rings (SSSR count). The van der Waals surface area contributed by atoms with Gasteiger partial charge < -0.3 is 5.73 Å². The van der Waals surface area contributed by atoms with Gasteiger partial charge in [0, 0.05) is 30.2 Å². The first-order valence-corrected chi connectivity index (χ1v) is 7.57. The quantitative estimate of drug-likeness (QED) is 0.507. The van der Waals surface area contributed by atoms with E-state index >= 15 is 0 Å². The summed E-state index contributed by atoms with van der Waals surface area (Å²) in [5.74, 6) is 5.52. The number of fused-ring (bicyclic) bond motifs is 1. The fourth-order valence-electron chi connectivity index (χ4n) is 1.84. The molecule has 0 unspecified atom stereocenters. The number of hydrogen-bond donors (Lipinski definition) is 2. The fraction of sp³-hybridized carbons (Fsp3) is 0.214. The van der Waals surface area contributed by atoms with E-state index < -0.39 is 10.0 Å². The van der Waals surface area contributed by atoms with Gasteiger partial charge in [-0.1, -0.05) is 0 Å². The molecule has 0 saturated carbocycles. The summed E-state index contributed by atoms with van der Waals surface area (Å²) >= 11 is 0. The number of nitrogens with zero attached hydrogens (tertiary/aromatic N) is 1. The van der Waals surface area contributed by atoms with Gasteiger partial charge in [-0.2, -0.15) is 0 Å². The summed E-state index contributed by atoms with van der Waals surface area (Å²) in [6.07, 6.45) is 2.01. The standard InChI is InChI=1S/C14H15N3O2S/c1-2-3-4-10-17-20(18,19)13-8-7-12(15)11-6-5-9-16-14(11)13/h5-9,17H,4,10,15H2,1H3. The van der Waals surface area contributed by atoms with Gasteiger partial charge in [0.25, 0.3) is 0 Å². The monoisotopic (exact) mass is 289 g/mol. The molecule has 0 spiro atoms. The van der Waals surface area contributed by atoms with Crippen LogP contribution in [0.3, 0.4) is 0 Å². The van der Waals surface area contributed by atoms with Crippen LogP contribution in [-0.4, -0.2) is 19.9 Å². The predicted octanol–water partition coefficient (Wildman–Crippen LogP) is 1.51. The summed E-state index contributed by atoms with van der Waals surface area (Å²) in [6, 6.07) is 6.52. The summed E-state index contributed by atoms with van der Waals surface area (Å²) in [4.78, 5) is 4.26. The molecule has 20 heavy (non-hydrogen) atoms. The molecule has 0 aliphatic rings. The molecule has 104 valence electrons. The van der Waals surface area contributed by atoms with Gasteiger partial charge >= 0.3 is 0 Å². The van der Waals surface area contributed by atoms with E-state index in [0.29, 0.717) is 23.0 Å². The molecule has 0 saturated heterocycles. The van der Waals surface area contributed by atoms with Crippen molar-refractivity contribution in [3.63, 3.8) is 0 Å². The molecule has 0 aliphatic heterocycles. The molecular formula is C14H15N3O2S. The zero-order valence-electron chi connectivity index (χ0n) is 11.1. The highest BCUT2D eigenvalue weighted by molar-refractivity contribution is 7.89. The van der Waals surface area contributed by atoms with Crippen LogP contribution >= 0.6 is 0 Å². The Morgan fingerprint density at radius 3 is 2.90 bits per heavy atom. The summed E-state index contributed by atoms with van der Waals surface area (Å²) < 4.78 is 27.1. The third kappa shape index (κ3) is 2.90. The highest BCUT2D eigenvalue weighted by atomic mass is 32.2. The second-order valence-corrected chi connectivity index (χ2v) is 5.86. The smallest absolute Gasteiger partial charge is 0.242 e.